The fraction of sp³-hybridized carbons (Fsp3) is 0.565. The monoisotopic (exact) mass is 447 g/mol. The molecule has 0 saturated carbocycles. The van der Waals surface area contributed by atoms with E-state index in [1.165, 1.54) is 36.7 Å². The van der Waals surface area contributed by atoms with Gasteiger partial charge in [0.15, 0.2) is 17.5 Å². The van der Waals surface area contributed by atoms with Gasteiger partial charge >= 0.3 is 0 Å². The molecule has 0 unspecified atom stereocenters. The van der Waals surface area contributed by atoms with Gasteiger partial charge in [0.2, 0.25) is 0 Å². The van der Waals surface area contributed by atoms with Gasteiger partial charge in [-0.2, -0.15) is 0 Å². The number of likely N-dealkylation sites (tertiary alicyclic amines) is 1. The van der Waals surface area contributed by atoms with Gasteiger partial charge in [0.25, 0.3) is 0 Å². The molecule has 2 heterocycles. The molecule has 0 spiro atoms. The zero-order chi connectivity index (χ0) is 22.2. The Morgan fingerprint density at radius 2 is 2.16 bits per heavy atom. The van der Waals surface area contributed by atoms with Crippen LogP contribution in [-0.2, 0) is 19.5 Å². The van der Waals surface area contributed by atoms with Crippen molar-refractivity contribution >= 4 is 17.3 Å². The van der Waals surface area contributed by atoms with Crippen LogP contribution in [0.25, 0.3) is 0 Å². The molecule has 31 heavy (non-hydrogen) atoms. The minimum Gasteiger partial charge on any atom is -0.494 e. The van der Waals surface area contributed by atoms with Crippen LogP contribution >= 0.6 is 11.3 Å². The van der Waals surface area contributed by atoms with Gasteiger partial charge in [0, 0.05) is 39.1 Å². The van der Waals surface area contributed by atoms with Gasteiger partial charge in [-0.05, 0) is 56.0 Å². The van der Waals surface area contributed by atoms with Crippen LogP contribution in [0.3, 0.4) is 0 Å². The van der Waals surface area contributed by atoms with E-state index in [1.807, 2.05) is 18.0 Å². The third-order valence-corrected chi connectivity index (χ3v) is 6.79. The second kappa shape index (κ2) is 11.4. The summed E-state index contributed by atoms with van der Waals surface area (Å²) >= 11 is 1.77. The Bertz CT molecular complexity index is 863. The Kier molecular flexibility index (Phi) is 8.66. The molecule has 3 rings (SSSR count). The molecule has 0 amide bonds. The van der Waals surface area contributed by atoms with Crippen molar-refractivity contribution in [3.63, 3.8) is 0 Å². The number of benzene rings is 1. The summed E-state index contributed by atoms with van der Waals surface area (Å²) in [7, 11) is 5.23. The molecule has 1 aromatic carbocycles. The Labute approximate surface area is 189 Å². The smallest absolute Gasteiger partial charge is 0.193 e. The topological polar surface area (TPSA) is 53.0 Å². The van der Waals surface area contributed by atoms with E-state index in [2.05, 4.69) is 27.5 Å². The molecule has 6 nitrogen and oxygen atoms in total. The summed E-state index contributed by atoms with van der Waals surface area (Å²) in [5.41, 5.74) is 2.08. The van der Waals surface area contributed by atoms with Crippen LogP contribution in [0.5, 0.6) is 5.75 Å². The van der Waals surface area contributed by atoms with Crippen molar-refractivity contribution in [3.8, 4) is 5.75 Å². The second-order valence-electron chi connectivity index (χ2n) is 8.06. The van der Waals surface area contributed by atoms with Gasteiger partial charge in [-0.15, -0.1) is 11.3 Å². The molecule has 1 saturated heterocycles. The van der Waals surface area contributed by atoms with Gasteiger partial charge in [0.1, 0.15) is 0 Å². The lowest BCUT2D eigenvalue weighted by Crippen LogP contribution is -2.43. The minimum absolute atomic E-state index is 0.265. The maximum Gasteiger partial charge on any atom is 0.193 e. The van der Waals surface area contributed by atoms with E-state index in [1.54, 1.807) is 24.5 Å². The normalized spacial score (nSPS) is 15.8. The average molecular weight is 448 g/mol. The molecule has 1 aliphatic rings. The zero-order valence-electron chi connectivity index (χ0n) is 19.0. The molecule has 170 valence electrons. The van der Waals surface area contributed by atoms with Gasteiger partial charge in [-0.3, -0.25) is 9.89 Å². The number of rotatable bonds is 8. The number of hydrogen-bond acceptors (Lipinski definition) is 5. The highest BCUT2D eigenvalue weighted by atomic mass is 32.1. The number of guanidine groups is 1. The van der Waals surface area contributed by atoms with Crippen LogP contribution in [0.2, 0.25) is 0 Å². The molecule has 0 bridgehead atoms. The third-order valence-electron chi connectivity index (χ3n) is 5.75. The summed E-state index contributed by atoms with van der Waals surface area (Å²) in [6.07, 6.45) is 3.35. The number of nitrogens with zero attached hydrogens (tertiary/aromatic N) is 4. The lowest BCUT2D eigenvalue weighted by Gasteiger charge is -2.32. The molecule has 0 atom stereocenters. The Morgan fingerprint density at radius 3 is 2.77 bits per heavy atom. The van der Waals surface area contributed by atoms with Gasteiger partial charge in [-0.1, -0.05) is 13.0 Å². The number of aryl methyl sites for hydroxylation is 1. The number of halogens is 1. The van der Waals surface area contributed by atoms with Crippen molar-refractivity contribution in [2.45, 2.75) is 39.3 Å². The number of nitrogens with one attached hydrogen (secondary N) is 1. The van der Waals surface area contributed by atoms with Gasteiger partial charge < -0.3 is 15.0 Å². The van der Waals surface area contributed by atoms with Crippen LogP contribution in [0.15, 0.2) is 28.6 Å². The average Bonchev–Trinajstić information content (AvgIpc) is 3.23. The SMILES string of the molecule is CCc1nc(CN2CCC(CNC(=NC)N(C)Cc3ccc(OC)c(F)c3)CC2)cs1. The second-order valence-corrected chi connectivity index (χ2v) is 9.00. The molecular weight excluding hydrogens is 413 g/mol. The zero-order valence-corrected chi connectivity index (χ0v) is 19.8. The third kappa shape index (κ3) is 6.64. The standard InChI is InChI=1S/C23H34FN5OS/c1-5-22-27-19(16-31-22)15-29-10-8-17(9-11-29)13-26-23(25-2)28(3)14-18-6-7-21(30-4)20(24)12-18/h6-7,12,16-17H,5,8-11,13-15H2,1-4H3,(H,25,26). The molecule has 8 heteroatoms. The van der Waals surface area contributed by atoms with Crippen molar-refractivity contribution in [2.24, 2.45) is 10.9 Å². The quantitative estimate of drug-likeness (QED) is 0.493. The Morgan fingerprint density at radius 1 is 1.39 bits per heavy atom. The van der Waals surface area contributed by atoms with E-state index >= 15 is 0 Å². The summed E-state index contributed by atoms with van der Waals surface area (Å²) in [5, 5.41) is 6.92. The predicted octanol–water partition coefficient (Wildman–Crippen LogP) is 3.77. The number of hydrogen-bond donors (Lipinski definition) is 1. The van der Waals surface area contributed by atoms with E-state index in [4.69, 9.17) is 9.72 Å². The molecular formula is C23H34FN5OS. The first-order chi connectivity index (χ1) is 15.0. The fourth-order valence-electron chi connectivity index (χ4n) is 3.94. The predicted molar refractivity (Wildman–Crippen MR) is 125 cm³/mol. The Balaban J connectivity index is 1.42. The molecule has 2 aromatic rings. The van der Waals surface area contributed by atoms with Gasteiger partial charge in [0.05, 0.1) is 17.8 Å². The van der Waals surface area contributed by atoms with Crippen molar-refractivity contribution in [3.05, 3.63) is 45.7 Å². The maximum absolute atomic E-state index is 14.0. The van der Waals surface area contributed by atoms with E-state index in [0.29, 0.717) is 12.5 Å². The number of piperidine rings is 1. The first kappa shape index (κ1) is 23.5. The van der Waals surface area contributed by atoms with E-state index in [-0.39, 0.29) is 11.6 Å². The highest BCUT2D eigenvalue weighted by Crippen LogP contribution is 2.20. The molecule has 0 radical (unpaired) electrons. The lowest BCUT2D eigenvalue weighted by atomic mass is 9.97. The van der Waals surface area contributed by atoms with Crippen molar-refractivity contribution in [1.29, 1.82) is 0 Å². The van der Waals surface area contributed by atoms with Crippen molar-refractivity contribution < 1.29 is 9.13 Å². The highest BCUT2D eigenvalue weighted by molar-refractivity contribution is 7.09. The van der Waals surface area contributed by atoms with E-state index in [9.17, 15) is 4.39 Å². The highest BCUT2D eigenvalue weighted by Gasteiger charge is 2.20. The summed E-state index contributed by atoms with van der Waals surface area (Å²) < 4.78 is 19.0. The summed E-state index contributed by atoms with van der Waals surface area (Å²) in [4.78, 5) is 13.6. The van der Waals surface area contributed by atoms with Crippen molar-refractivity contribution in [1.82, 2.24) is 20.1 Å². The van der Waals surface area contributed by atoms with E-state index in [0.717, 1.165) is 44.1 Å². The molecule has 1 aliphatic heterocycles. The summed E-state index contributed by atoms with van der Waals surface area (Å²) in [6, 6.07) is 5.06. The number of thiazole rings is 1. The van der Waals surface area contributed by atoms with Crippen LogP contribution in [0.1, 0.15) is 36.0 Å². The first-order valence-electron chi connectivity index (χ1n) is 10.9. The van der Waals surface area contributed by atoms with Crippen LogP contribution in [-0.4, -0.2) is 61.6 Å². The summed E-state index contributed by atoms with van der Waals surface area (Å²) in [6.45, 7) is 6.79. The number of ether oxygens (including phenoxy) is 1. The molecule has 0 aliphatic carbocycles. The largest absolute Gasteiger partial charge is 0.494 e. The maximum atomic E-state index is 14.0. The number of methoxy groups -OCH3 is 1. The fourth-order valence-corrected chi connectivity index (χ4v) is 4.67. The Hall–Kier alpha value is -2.19. The first-order valence-corrected chi connectivity index (χ1v) is 11.8. The molecule has 1 fully saturated rings. The van der Waals surface area contributed by atoms with Crippen LogP contribution in [0.4, 0.5) is 4.39 Å². The molecule has 1 aromatic heterocycles. The summed E-state index contributed by atoms with van der Waals surface area (Å²) in [5.74, 6) is 1.38. The van der Waals surface area contributed by atoms with Crippen molar-refractivity contribution in [2.75, 3.05) is 40.8 Å². The van der Waals surface area contributed by atoms with Gasteiger partial charge in [-0.25, -0.2) is 9.37 Å². The van der Waals surface area contributed by atoms with Crippen LogP contribution in [0, 0.1) is 11.7 Å². The lowest BCUT2D eigenvalue weighted by molar-refractivity contribution is 0.176. The number of aliphatic imine (C=N–C) groups is 1. The minimum atomic E-state index is -0.341. The molecule has 1 N–H and O–H groups in total. The van der Waals surface area contributed by atoms with Crippen LogP contribution < -0.4 is 10.1 Å². The number of aromatic nitrogens is 1. The van der Waals surface area contributed by atoms with E-state index < -0.39 is 0 Å².